The standard InChI is InChI=1S/C17H22ClN5O2S/c1-2-19-17(22-13-15-7-3-4-9-20-15)21-10-11-23-26(24,25)16-8-5-6-14(18)12-16/h3-9,12,23H,2,10-11,13H2,1H3,(H2,19,21,22). The van der Waals surface area contributed by atoms with Crippen LogP contribution in [0.25, 0.3) is 0 Å². The highest BCUT2D eigenvalue weighted by molar-refractivity contribution is 7.89. The Morgan fingerprint density at radius 3 is 2.69 bits per heavy atom. The van der Waals surface area contributed by atoms with E-state index in [4.69, 9.17) is 11.6 Å². The van der Waals surface area contributed by atoms with Crippen LogP contribution in [0.1, 0.15) is 12.6 Å². The summed E-state index contributed by atoms with van der Waals surface area (Å²) in [5.41, 5.74) is 0.853. The van der Waals surface area contributed by atoms with Crippen molar-refractivity contribution in [1.82, 2.24) is 20.3 Å². The molecule has 0 fully saturated rings. The van der Waals surface area contributed by atoms with Gasteiger partial charge in [0.15, 0.2) is 5.96 Å². The Balaban J connectivity index is 1.85. The van der Waals surface area contributed by atoms with E-state index in [0.29, 0.717) is 30.6 Å². The third kappa shape index (κ3) is 6.62. The number of guanidine groups is 1. The van der Waals surface area contributed by atoms with Crippen molar-refractivity contribution >= 4 is 27.6 Å². The summed E-state index contributed by atoms with van der Waals surface area (Å²) >= 11 is 5.84. The van der Waals surface area contributed by atoms with Gasteiger partial charge in [0.2, 0.25) is 10.0 Å². The van der Waals surface area contributed by atoms with Crippen molar-refractivity contribution in [1.29, 1.82) is 0 Å². The number of benzene rings is 1. The number of aliphatic imine (C=N–C) groups is 1. The van der Waals surface area contributed by atoms with Gasteiger partial charge in [0.1, 0.15) is 0 Å². The second kappa shape index (κ2) is 10.1. The van der Waals surface area contributed by atoms with Crippen LogP contribution < -0.4 is 15.4 Å². The molecule has 0 unspecified atom stereocenters. The summed E-state index contributed by atoms with van der Waals surface area (Å²) < 4.78 is 27.0. The number of sulfonamides is 1. The van der Waals surface area contributed by atoms with Gasteiger partial charge in [0.25, 0.3) is 0 Å². The topological polar surface area (TPSA) is 95.5 Å². The van der Waals surface area contributed by atoms with E-state index in [1.165, 1.54) is 12.1 Å². The van der Waals surface area contributed by atoms with E-state index in [2.05, 4.69) is 25.3 Å². The second-order valence-corrected chi connectivity index (χ2v) is 7.50. The molecule has 0 aliphatic heterocycles. The summed E-state index contributed by atoms with van der Waals surface area (Å²) in [6, 6.07) is 11.8. The maximum absolute atomic E-state index is 12.2. The van der Waals surface area contributed by atoms with Gasteiger partial charge in [-0.25, -0.2) is 18.1 Å². The summed E-state index contributed by atoms with van der Waals surface area (Å²) in [7, 11) is -3.59. The van der Waals surface area contributed by atoms with E-state index in [1.54, 1.807) is 18.3 Å². The Morgan fingerprint density at radius 1 is 1.15 bits per heavy atom. The summed E-state index contributed by atoms with van der Waals surface area (Å²) in [6.07, 6.45) is 1.72. The Labute approximate surface area is 159 Å². The monoisotopic (exact) mass is 395 g/mol. The van der Waals surface area contributed by atoms with Gasteiger partial charge in [-0.1, -0.05) is 23.7 Å². The van der Waals surface area contributed by atoms with Crippen molar-refractivity contribution in [2.75, 3.05) is 19.6 Å². The smallest absolute Gasteiger partial charge is 0.240 e. The maximum atomic E-state index is 12.2. The predicted octanol–water partition coefficient (Wildman–Crippen LogP) is 1.77. The lowest BCUT2D eigenvalue weighted by Crippen LogP contribution is -2.41. The second-order valence-electron chi connectivity index (χ2n) is 5.30. The van der Waals surface area contributed by atoms with Crippen LogP contribution >= 0.6 is 11.6 Å². The number of rotatable bonds is 8. The van der Waals surface area contributed by atoms with Gasteiger partial charge in [0, 0.05) is 30.9 Å². The van der Waals surface area contributed by atoms with Crippen LogP contribution in [0.5, 0.6) is 0 Å². The third-order valence-electron chi connectivity index (χ3n) is 3.29. The molecule has 0 aliphatic carbocycles. The minimum absolute atomic E-state index is 0.140. The van der Waals surface area contributed by atoms with E-state index < -0.39 is 10.0 Å². The van der Waals surface area contributed by atoms with Crippen LogP contribution in [-0.4, -0.2) is 39.0 Å². The molecular formula is C17H22ClN5O2S. The fraction of sp³-hybridized carbons (Fsp3) is 0.294. The summed E-state index contributed by atoms with van der Waals surface area (Å²) in [5, 5.41) is 6.57. The minimum Gasteiger partial charge on any atom is -0.357 e. The Morgan fingerprint density at radius 2 is 2.00 bits per heavy atom. The number of hydrogen-bond donors (Lipinski definition) is 3. The molecule has 0 radical (unpaired) electrons. The zero-order chi connectivity index (χ0) is 18.8. The van der Waals surface area contributed by atoms with E-state index >= 15 is 0 Å². The molecule has 2 aromatic rings. The first kappa shape index (κ1) is 20.2. The van der Waals surface area contributed by atoms with Crippen LogP contribution in [0, 0.1) is 0 Å². The number of nitrogens with one attached hydrogen (secondary N) is 3. The summed E-state index contributed by atoms with van der Waals surface area (Å²) in [6.45, 7) is 3.68. The Hall–Kier alpha value is -2.16. The molecule has 7 nitrogen and oxygen atoms in total. The molecule has 0 saturated carbocycles. The highest BCUT2D eigenvalue weighted by Gasteiger charge is 2.13. The summed E-state index contributed by atoms with van der Waals surface area (Å²) in [4.78, 5) is 8.78. The van der Waals surface area contributed by atoms with Crippen molar-refractivity contribution < 1.29 is 8.42 Å². The zero-order valence-electron chi connectivity index (χ0n) is 14.4. The van der Waals surface area contributed by atoms with Crippen LogP contribution in [-0.2, 0) is 16.6 Å². The molecule has 3 N–H and O–H groups in total. The Bertz CT molecular complexity index is 828. The quantitative estimate of drug-likeness (QED) is 0.359. The molecule has 0 amide bonds. The molecule has 0 spiro atoms. The van der Waals surface area contributed by atoms with E-state index in [9.17, 15) is 8.42 Å². The molecule has 0 bridgehead atoms. The highest BCUT2D eigenvalue weighted by Crippen LogP contribution is 2.14. The molecule has 26 heavy (non-hydrogen) atoms. The lowest BCUT2D eigenvalue weighted by Gasteiger charge is -2.12. The minimum atomic E-state index is -3.59. The number of halogens is 1. The fourth-order valence-electron chi connectivity index (χ4n) is 2.08. The van der Waals surface area contributed by atoms with E-state index in [0.717, 1.165) is 5.69 Å². The van der Waals surface area contributed by atoms with Crippen molar-refractivity contribution in [3.8, 4) is 0 Å². The van der Waals surface area contributed by atoms with Crippen LogP contribution in [0.2, 0.25) is 5.02 Å². The number of hydrogen-bond acceptors (Lipinski definition) is 4. The molecular weight excluding hydrogens is 374 g/mol. The first-order chi connectivity index (χ1) is 12.5. The van der Waals surface area contributed by atoms with Crippen molar-refractivity contribution in [2.45, 2.75) is 18.4 Å². The molecule has 1 heterocycles. The molecule has 140 valence electrons. The van der Waals surface area contributed by atoms with Crippen molar-refractivity contribution in [3.63, 3.8) is 0 Å². The highest BCUT2D eigenvalue weighted by atomic mass is 35.5. The normalized spacial score (nSPS) is 12.0. The van der Waals surface area contributed by atoms with Crippen LogP contribution in [0.15, 0.2) is 58.5 Å². The predicted molar refractivity (Wildman–Crippen MR) is 104 cm³/mol. The van der Waals surface area contributed by atoms with Crippen LogP contribution in [0.4, 0.5) is 0 Å². The largest absolute Gasteiger partial charge is 0.357 e. The van der Waals surface area contributed by atoms with Gasteiger partial charge in [-0.3, -0.25) is 4.98 Å². The average Bonchev–Trinajstić information content (AvgIpc) is 2.64. The van der Waals surface area contributed by atoms with Gasteiger partial charge in [-0.05, 0) is 37.3 Å². The van der Waals surface area contributed by atoms with Gasteiger partial charge in [0.05, 0.1) is 17.1 Å². The maximum Gasteiger partial charge on any atom is 0.240 e. The van der Waals surface area contributed by atoms with Gasteiger partial charge >= 0.3 is 0 Å². The molecule has 1 aromatic heterocycles. The molecule has 1 aromatic carbocycles. The van der Waals surface area contributed by atoms with Gasteiger partial charge < -0.3 is 10.6 Å². The first-order valence-electron chi connectivity index (χ1n) is 8.18. The number of nitrogens with zero attached hydrogens (tertiary/aromatic N) is 2. The molecule has 0 saturated heterocycles. The van der Waals surface area contributed by atoms with Crippen molar-refractivity contribution in [2.24, 2.45) is 4.99 Å². The first-order valence-corrected chi connectivity index (χ1v) is 10.0. The molecule has 0 aliphatic rings. The fourth-order valence-corrected chi connectivity index (χ4v) is 3.41. The molecule has 2 rings (SSSR count). The van der Waals surface area contributed by atoms with Crippen molar-refractivity contribution in [3.05, 3.63) is 59.4 Å². The molecule has 0 atom stereocenters. The summed E-state index contributed by atoms with van der Waals surface area (Å²) in [5.74, 6) is 0.597. The molecule has 9 heteroatoms. The lowest BCUT2D eigenvalue weighted by atomic mass is 10.3. The number of pyridine rings is 1. The Kier molecular flexibility index (Phi) is 7.83. The SMILES string of the molecule is CCNC(=NCc1ccccn1)NCCNS(=O)(=O)c1cccc(Cl)c1. The van der Waals surface area contributed by atoms with E-state index in [-0.39, 0.29) is 11.4 Å². The average molecular weight is 396 g/mol. The van der Waals surface area contributed by atoms with Gasteiger partial charge in [-0.15, -0.1) is 0 Å². The van der Waals surface area contributed by atoms with Gasteiger partial charge in [-0.2, -0.15) is 0 Å². The lowest BCUT2D eigenvalue weighted by molar-refractivity contribution is 0.580. The third-order valence-corrected chi connectivity index (χ3v) is 4.98. The van der Waals surface area contributed by atoms with E-state index in [1.807, 2.05) is 25.1 Å². The number of aromatic nitrogens is 1. The van der Waals surface area contributed by atoms with Crippen LogP contribution in [0.3, 0.4) is 0 Å². The zero-order valence-corrected chi connectivity index (χ0v) is 16.0.